The summed E-state index contributed by atoms with van der Waals surface area (Å²) < 4.78 is 0. The largest absolute Gasteiger partial charge is 1.00 e. The first kappa shape index (κ1) is 29.6. The van der Waals surface area contributed by atoms with Crippen molar-refractivity contribution in [1.82, 2.24) is 5.32 Å². The van der Waals surface area contributed by atoms with Crippen LogP contribution in [-0.4, -0.2) is 29.0 Å². The molecular weight excluding hydrogens is 369 g/mol. The second kappa shape index (κ2) is 21.1. The Morgan fingerprint density at radius 3 is 1.61 bits per heavy atom. The fourth-order valence-corrected chi connectivity index (χ4v) is 3.09. The van der Waals surface area contributed by atoms with E-state index in [9.17, 15) is 19.5 Å². The van der Waals surface area contributed by atoms with Crippen molar-refractivity contribution in [3.63, 3.8) is 0 Å². The summed E-state index contributed by atoms with van der Waals surface area (Å²) in [6.07, 6.45) is 15.7. The molecule has 0 heterocycles. The van der Waals surface area contributed by atoms with Crippen molar-refractivity contribution in [1.29, 1.82) is 0 Å². The number of unbranched alkanes of at least 4 members (excludes halogenated alkanes) is 12. The van der Waals surface area contributed by atoms with Crippen LogP contribution in [-0.2, 0) is 14.4 Å². The van der Waals surface area contributed by atoms with Gasteiger partial charge < -0.3 is 20.3 Å². The molecule has 6 nitrogen and oxygen atoms in total. The summed E-state index contributed by atoms with van der Waals surface area (Å²) in [4.78, 5) is 33.2. The number of carbonyl (C=O) groups excluding carboxylic acids is 2. The van der Waals surface area contributed by atoms with Crippen molar-refractivity contribution in [2.45, 2.75) is 116 Å². The van der Waals surface area contributed by atoms with Gasteiger partial charge in [-0.25, -0.2) is 0 Å². The molecular formula is C21H38NNaO5. The number of rotatable bonds is 19. The van der Waals surface area contributed by atoms with Gasteiger partial charge in [-0.15, -0.1) is 0 Å². The normalized spacial score (nSPS) is 11.5. The molecule has 1 atom stereocenters. The van der Waals surface area contributed by atoms with Crippen LogP contribution in [0.1, 0.15) is 110 Å². The van der Waals surface area contributed by atoms with Gasteiger partial charge in [-0.05, 0) is 12.8 Å². The van der Waals surface area contributed by atoms with E-state index in [4.69, 9.17) is 5.11 Å². The predicted octanol–water partition coefficient (Wildman–Crippen LogP) is 0.571. The molecule has 1 amide bonds. The molecule has 0 bridgehead atoms. The molecule has 28 heavy (non-hydrogen) atoms. The van der Waals surface area contributed by atoms with Crippen LogP contribution in [0.2, 0.25) is 0 Å². The van der Waals surface area contributed by atoms with Crippen molar-refractivity contribution in [2.75, 3.05) is 0 Å². The van der Waals surface area contributed by atoms with Gasteiger partial charge in [0.05, 0.1) is 12.0 Å². The molecule has 0 aromatic rings. The number of nitrogens with one attached hydrogen (secondary N) is 1. The van der Waals surface area contributed by atoms with Crippen molar-refractivity contribution < 1.29 is 54.2 Å². The van der Waals surface area contributed by atoms with Crippen molar-refractivity contribution in [3.8, 4) is 0 Å². The average molecular weight is 408 g/mol. The third-order valence-electron chi connectivity index (χ3n) is 4.77. The molecule has 7 heteroatoms. The van der Waals surface area contributed by atoms with E-state index in [0.29, 0.717) is 0 Å². The van der Waals surface area contributed by atoms with Gasteiger partial charge in [0.25, 0.3) is 0 Å². The summed E-state index contributed by atoms with van der Waals surface area (Å²) in [5.41, 5.74) is 0. The van der Waals surface area contributed by atoms with Crippen LogP contribution in [0.5, 0.6) is 0 Å². The number of amides is 1. The molecule has 0 aliphatic rings. The average Bonchev–Trinajstić information content (AvgIpc) is 2.62. The van der Waals surface area contributed by atoms with Gasteiger partial charge in [-0.3, -0.25) is 9.59 Å². The zero-order valence-electron chi connectivity index (χ0n) is 18.0. The summed E-state index contributed by atoms with van der Waals surface area (Å²) in [5.74, 6) is -2.88. The van der Waals surface area contributed by atoms with Gasteiger partial charge in [0.1, 0.15) is 0 Å². The third-order valence-corrected chi connectivity index (χ3v) is 4.77. The Balaban J connectivity index is 0. The molecule has 0 aromatic heterocycles. The number of hydrogen-bond acceptors (Lipinski definition) is 4. The van der Waals surface area contributed by atoms with E-state index in [1.54, 1.807) is 0 Å². The zero-order valence-corrected chi connectivity index (χ0v) is 20.0. The van der Waals surface area contributed by atoms with Crippen LogP contribution in [0.25, 0.3) is 0 Å². The van der Waals surface area contributed by atoms with Gasteiger partial charge in [-0.2, -0.15) is 0 Å². The Morgan fingerprint density at radius 1 is 0.786 bits per heavy atom. The molecule has 0 rings (SSSR count). The Morgan fingerprint density at radius 2 is 1.21 bits per heavy atom. The molecule has 0 unspecified atom stereocenters. The molecule has 0 saturated heterocycles. The van der Waals surface area contributed by atoms with Crippen LogP contribution in [0, 0.1) is 0 Å². The number of aliphatic carboxylic acids is 2. The predicted molar refractivity (Wildman–Crippen MR) is 104 cm³/mol. The van der Waals surface area contributed by atoms with E-state index < -0.39 is 18.0 Å². The van der Waals surface area contributed by atoms with E-state index >= 15 is 0 Å². The number of carboxylic acids is 2. The minimum atomic E-state index is -1.44. The quantitative estimate of drug-likeness (QED) is 0.241. The monoisotopic (exact) mass is 407 g/mol. The zero-order chi connectivity index (χ0) is 20.3. The van der Waals surface area contributed by atoms with Gasteiger partial charge in [0, 0.05) is 12.8 Å². The Bertz CT molecular complexity index is 418. The topological polar surface area (TPSA) is 107 Å². The van der Waals surface area contributed by atoms with Gasteiger partial charge in [0.15, 0.2) is 0 Å². The van der Waals surface area contributed by atoms with E-state index in [2.05, 4.69) is 12.2 Å². The van der Waals surface area contributed by atoms with Crippen LogP contribution < -0.4 is 40.0 Å². The van der Waals surface area contributed by atoms with E-state index in [-0.39, 0.29) is 54.7 Å². The first-order valence-corrected chi connectivity index (χ1v) is 10.7. The minimum Gasteiger partial charge on any atom is -0.548 e. The van der Waals surface area contributed by atoms with Crippen LogP contribution in [0.3, 0.4) is 0 Å². The molecule has 0 aromatic carbocycles. The summed E-state index contributed by atoms with van der Waals surface area (Å²) in [6.45, 7) is 2.24. The van der Waals surface area contributed by atoms with E-state index in [0.717, 1.165) is 19.3 Å². The van der Waals surface area contributed by atoms with Gasteiger partial charge in [0.2, 0.25) is 5.91 Å². The smallest absolute Gasteiger partial charge is 0.548 e. The van der Waals surface area contributed by atoms with Crippen LogP contribution in [0.15, 0.2) is 0 Å². The van der Waals surface area contributed by atoms with Gasteiger partial charge in [-0.1, -0.05) is 84.0 Å². The number of carbonyl (C=O) groups is 3. The number of carboxylic acid groups (broad SMARTS) is 2. The summed E-state index contributed by atoms with van der Waals surface area (Å²) >= 11 is 0. The maximum Gasteiger partial charge on any atom is 1.00 e. The van der Waals surface area contributed by atoms with Gasteiger partial charge >= 0.3 is 35.5 Å². The molecule has 0 saturated carbocycles. The standard InChI is InChI=1S/C21H39NO5.Na/c1-2-3-4-5-6-7-8-9-10-11-12-13-14-15-19(23)22-18(21(26)27)16-17-20(24)25;/h18H,2-17H2,1H3,(H,22,23)(H,24,25)(H,26,27);/q;+1/p-1/t18-;/m1./s1. The van der Waals surface area contributed by atoms with E-state index in [1.807, 2.05) is 0 Å². The Kier molecular flexibility index (Phi) is 22.3. The first-order valence-electron chi connectivity index (χ1n) is 10.7. The van der Waals surface area contributed by atoms with E-state index in [1.165, 1.54) is 64.2 Å². The second-order valence-electron chi connectivity index (χ2n) is 7.36. The molecule has 0 aliphatic heterocycles. The first-order chi connectivity index (χ1) is 13.0. The fraction of sp³-hybridized carbons (Fsp3) is 0.857. The summed E-state index contributed by atoms with van der Waals surface area (Å²) in [5, 5.41) is 21.9. The molecule has 0 fully saturated rings. The molecule has 158 valence electrons. The Labute approximate surface area is 192 Å². The molecule has 2 N–H and O–H groups in total. The maximum absolute atomic E-state index is 11.8. The second-order valence-corrected chi connectivity index (χ2v) is 7.36. The minimum absolute atomic E-state index is 0. The van der Waals surface area contributed by atoms with Crippen molar-refractivity contribution >= 4 is 17.8 Å². The fourth-order valence-electron chi connectivity index (χ4n) is 3.09. The maximum atomic E-state index is 11.8. The molecule has 0 aliphatic carbocycles. The Hall–Kier alpha value is -0.590. The van der Waals surface area contributed by atoms with Crippen molar-refractivity contribution in [3.05, 3.63) is 0 Å². The molecule has 0 radical (unpaired) electrons. The third kappa shape index (κ3) is 20.2. The summed E-state index contributed by atoms with van der Waals surface area (Å²) in [7, 11) is 0. The van der Waals surface area contributed by atoms with Crippen LogP contribution >= 0.6 is 0 Å². The molecule has 0 spiro atoms. The van der Waals surface area contributed by atoms with Crippen LogP contribution in [0.4, 0.5) is 0 Å². The summed E-state index contributed by atoms with van der Waals surface area (Å²) in [6, 6.07) is -1.23. The SMILES string of the molecule is CCCCCCCCCCCCCCCC(=O)N[C@H](CCC(=O)O)C(=O)[O-].[Na+]. The number of hydrogen-bond donors (Lipinski definition) is 2. The van der Waals surface area contributed by atoms with Crippen molar-refractivity contribution in [2.24, 2.45) is 0 Å².